The predicted molar refractivity (Wildman–Crippen MR) is 113 cm³/mol. The molecule has 1 heterocycles. The Morgan fingerprint density at radius 3 is 1.97 bits per heavy atom. The second kappa shape index (κ2) is 7.75. The normalized spacial score (nSPS) is 16.4. The molecule has 3 aromatic carbocycles. The Hall–Kier alpha value is -3.07. The Labute approximate surface area is 171 Å². The highest BCUT2D eigenvalue weighted by Crippen LogP contribution is 2.44. The van der Waals surface area contributed by atoms with E-state index < -0.39 is 5.92 Å². The lowest BCUT2D eigenvalue weighted by Gasteiger charge is -2.26. The van der Waals surface area contributed by atoms with Crippen LogP contribution in [0.3, 0.4) is 0 Å². The van der Waals surface area contributed by atoms with Gasteiger partial charge in [-0.3, -0.25) is 4.79 Å². The Kier molecular flexibility index (Phi) is 4.81. The molecule has 0 bridgehead atoms. The van der Waals surface area contributed by atoms with Crippen LogP contribution in [0.25, 0.3) is 0 Å². The van der Waals surface area contributed by atoms with Crippen LogP contribution in [-0.4, -0.2) is 5.97 Å². The number of benzene rings is 3. The van der Waals surface area contributed by atoms with Gasteiger partial charge in [0, 0.05) is 11.1 Å². The van der Waals surface area contributed by atoms with Crippen LogP contribution in [0.5, 0.6) is 17.2 Å². The van der Waals surface area contributed by atoms with Crippen molar-refractivity contribution in [3.05, 3.63) is 89.5 Å². The number of hydrogen-bond donors (Lipinski definition) is 0. The SMILES string of the molecule is O=C(Oc1ccc(C2CCCCC2)cc1)C1c2ccccc2Oc2ccccc21. The summed E-state index contributed by atoms with van der Waals surface area (Å²) < 4.78 is 11.8. The molecular weight excluding hydrogens is 360 g/mol. The molecule has 3 aromatic rings. The Balaban J connectivity index is 1.40. The van der Waals surface area contributed by atoms with Crippen molar-refractivity contribution in [3.63, 3.8) is 0 Å². The highest BCUT2D eigenvalue weighted by Gasteiger charge is 2.33. The van der Waals surface area contributed by atoms with Crippen molar-refractivity contribution in [3.8, 4) is 17.2 Å². The van der Waals surface area contributed by atoms with Gasteiger partial charge in [-0.25, -0.2) is 0 Å². The summed E-state index contributed by atoms with van der Waals surface area (Å²) in [5, 5.41) is 0. The molecule has 1 aliphatic carbocycles. The second-order valence-corrected chi connectivity index (χ2v) is 7.94. The van der Waals surface area contributed by atoms with Crippen LogP contribution in [0.4, 0.5) is 0 Å². The molecule has 0 unspecified atom stereocenters. The molecule has 0 saturated heterocycles. The van der Waals surface area contributed by atoms with E-state index in [2.05, 4.69) is 12.1 Å². The third-order valence-corrected chi connectivity index (χ3v) is 6.09. The molecule has 146 valence electrons. The number of rotatable bonds is 3. The van der Waals surface area contributed by atoms with Gasteiger partial charge in [0.2, 0.25) is 0 Å². The molecule has 0 atom stereocenters. The number of esters is 1. The number of carbonyl (C=O) groups is 1. The summed E-state index contributed by atoms with van der Waals surface area (Å²) in [4.78, 5) is 13.2. The quantitative estimate of drug-likeness (QED) is 0.378. The molecule has 1 saturated carbocycles. The van der Waals surface area contributed by atoms with Gasteiger partial charge in [-0.2, -0.15) is 0 Å². The summed E-state index contributed by atoms with van der Waals surface area (Å²) in [6.07, 6.45) is 6.48. The topological polar surface area (TPSA) is 35.5 Å². The fourth-order valence-corrected chi connectivity index (χ4v) is 4.58. The van der Waals surface area contributed by atoms with Gasteiger partial charge in [0.15, 0.2) is 0 Å². The van der Waals surface area contributed by atoms with Gasteiger partial charge in [-0.15, -0.1) is 0 Å². The molecular formula is C26H24O3. The van der Waals surface area contributed by atoms with Crippen LogP contribution >= 0.6 is 0 Å². The number of para-hydroxylation sites is 2. The summed E-state index contributed by atoms with van der Waals surface area (Å²) in [5.41, 5.74) is 3.04. The molecule has 0 amide bonds. The van der Waals surface area contributed by atoms with Crippen molar-refractivity contribution in [1.82, 2.24) is 0 Å². The van der Waals surface area contributed by atoms with E-state index in [1.807, 2.05) is 60.7 Å². The van der Waals surface area contributed by atoms with Crippen molar-refractivity contribution in [2.24, 2.45) is 0 Å². The second-order valence-electron chi connectivity index (χ2n) is 7.94. The summed E-state index contributed by atoms with van der Waals surface area (Å²) in [7, 11) is 0. The molecule has 3 nitrogen and oxygen atoms in total. The lowest BCUT2D eigenvalue weighted by Crippen LogP contribution is -2.23. The third-order valence-electron chi connectivity index (χ3n) is 6.09. The molecule has 0 spiro atoms. The standard InChI is InChI=1S/C26H24O3/c27-26(28-20-16-14-19(15-17-20)18-8-2-1-3-9-18)25-21-10-4-6-12-23(21)29-24-13-7-5-11-22(24)25/h4-7,10-18,25H,1-3,8-9H2. The van der Waals surface area contributed by atoms with E-state index in [0.717, 1.165) is 11.1 Å². The van der Waals surface area contributed by atoms with E-state index in [0.29, 0.717) is 23.2 Å². The summed E-state index contributed by atoms with van der Waals surface area (Å²) in [6.45, 7) is 0. The van der Waals surface area contributed by atoms with Crippen molar-refractivity contribution in [1.29, 1.82) is 0 Å². The maximum atomic E-state index is 13.2. The van der Waals surface area contributed by atoms with E-state index in [1.54, 1.807) is 0 Å². The van der Waals surface area contributed by atoms with Crippen molar-refractivity contribution >= 4 is 5.97 Å². The van der Waals surface area contributed by atoms with E-state index in [4.69, 9.17) is 9.47 Å². The van der Waals surface area contributed by atoms with Gasteiger partial charge in [0.25, 0.3) is 0 Å². The highest BCUT2D eigenvalue weighted by atomic mass is 16.5. The third kappa shape index (κ3) is 3.53. The summed E-state index contributed by atoms with van der Waals surface area (Å²) >= 11 is 0. The zero-order valence-corrected chi connectivity index (χ0v) is 16.3. The summed E-state index contributed by atoms with van der Waals surface area (Å²) in [5.74, 6) is 1.88. The van der Waals surface area contributed by atoms with Crippen LogP contribution in [-0.2, 0) is 4.79 Å². The minimum atomic E-state index is -0.492. The first kappa shape index (κ1) is 18.0. The molecule has 3 heteroatoms. The zero-order valence-electron chi connectivity index (χ0n) is 16.3. The smallest absolute Gasteiger partial charge is 0.323 e. The van der Waals surface area contributed by atoms with Crippen LogP contribution in [0, 0.1) is 0 Å². The molecule has 0 radical (unpaired) electrons. The van der Waals surface area contributed by atoms with E-state index in [1.165, 1.54) is 37.7 Å². The lowest BCUT2D eigenvalue weighted by molar-refractivity contribution is -0.135. The first-order valence-corrected chi connectivity index (χ1v) is 10.5. The highest BCUT2D eigenvalue weighted by molar-refractivity contribution is 5.87. The van der Waals surface area contributed by atoms with E-state index >= 15 is 0 Å². The van der Waals surface area contributed by atoms with Gasteiger partial charge in [-0.05, 0) is 48.6 Å². The van der Waals surface area contributed by atoms with E-state index in [9.17, 15) is 4.79 Å². The zero-order chi connectivity index (χ0) is 19.6. The number of fused-ring (bicyclic) bond motifs is 2. The molecule has 0 N–H and O–H groups in total. The molecule has 1 fully saturated rings. The molecule has 2 aliphatic rings. The minimum Gasteiger partial charge on any atom is -0.457 e. The van der Waals surface area contributed by atoms with Crippen LogP contribution in [0.15, 0.2) is 72.8 Å². The number of ether oxygens (including phenoxy) is 2. The maximum absolute atomic E-state index is 13.2. The molecule has 0 aromatic heterocycles. The first-order chi connectivity index (χ1) is 14.3. The minimum absolute atomic E-state index is 0.279. The molecule has 1 aliphatic heterocycles. The van der Waals surface area contributed by atoms with Gasteiger partial charge < -0.3 is 9.47 Å². The average Bonchev–Trinajstić information content (AvgIpc) is 2.78. The molecule has 29 heavy (non-hydrogen) atoms. The van der Waals surface area contributed by atoms with Gasteiger partial charge in [0.05, 0.1) is 0 Å². The van der Waals surface area contributed by atoms with Crippen LogP contribution in [0.1, 0.15) is 60.6 Å². The van der Waals surface area contributed by atoms with E-state index in [-0.39, 0.29) is 5.97 Å². The van der Waals surface area contributed by atoms with Crippen molar-refractivity contribution < 1.29 is 14.3 Å². The van der Waals surface area contributed by atoms with Crippen molar-refractivity contribution in [2.75, 3.05) is 0 Å². The first-order valence-electron chi connectivity index (χ1n) is 10.5. The number of carbonyl (C=O) groups excluding carboxylic acids is 1. The monoisotopic (exact) mass is 384 g/mol. The molecule has 5 rings (SSSR count). The Morgan fingerprint density at radius 1 is 0.759 bits per heavy atom. The lowest BCUT2D eigenvalue weighted by atomic mass is 9.84. The van der Waals surface area contributed by atoms with Gasteiger partial charge >= 0.3 is 5.97 Å². The fraction of sp³-hybridized carbons (Fsp3) is 0.269. The fourth-order valence-electron chi connectivity index (χ4n) is 4.58. The number of hydrogen-bond acceptors (Lipinski definition) is 3. The maximum Gasteiger partial charge on any atom is 0.323 e. The predicted octanol–water partition coefficient (Wildman–Crippen LogP) is 6.58. The average molecular weight is 384 g/mol. The Bertz CT molecular complexity index is 971. The van der Waals surface area contributed by atoms with Crippen LogP contribution < -0.4 is 9.47 Å². The summed E-state index contributed by atoms with van der Waals surface area (Å²) in [6, 6.07) is 23.4. The Morgan fingerprint density at radius 2 is 1.34 bits per heavy atom. The largest absolute Gasteiger partial charge is 0.457 e. The van der Waals surface area contributed by atoms with Crippen molar-refractivity contribution in [2.45, 2.75) is 43.9 Å². The van der Waals surface area contributed by atoms with Gasteiger partial charge in [-0.1, -0.05) is 67.8 Å². The van der Waals surface area contributed by atoms with Gasteiger partial charge in [0.1, 0.15) is 23.2 Å². The van der Waals surface area contributed by atoms with Crippen LogP contribution in [0.2, 0.25) is 0 Å².